The van der Waals surface area contributed by atoms with Crippen LogP contribution in [0.15, 0.2) is 24.3 Å². The number of aryl methyl sites for hydroxylation is 1. The highest BCUT2D eigenvalue weighted by Gasteiger charge is 2.20. The molecule has 1 aromatic carbocycles. The molecule has 128 valence electrons. The number of ketones is 2. The SMILES string of the molecule is CC(=O)c1c(C)[nH]c(C(=O)Cn2nnc(-c3cccc(Cl)c3)n2)c1C. The van der Waals surface area contributed by atoms with E-state index in [1.165, 1.54) is 11.7 Å². The second-order valence-corrected chi connectivity index (χ2v) is 6.19. The molecule has 0 unspecified atom stereocenters. The van der Waals surface area contributed by atoms with Gasteiger partial charge in [-0.1, -0.05) is 23.7 Å². The Morgan fingerprint density at radius 3 is 2.68 bits per heavy atom. The number of aromatic amines is 1. The van der Waals surface area contributed by atoms with Gasteiger partial charge in [-0.3, -0.25) is 9.59 Å². The fourth-order valence-corrected chi connectivity index (χ4v) is 3.01. The molecule has 0 aliphatic heterocycles. The van der Waals surface area contributed by atoms with Gasteiger partial charge in [0.15, 0.2) is 5.78 Å². The van der Waals surface area contributed by atoms with E-state index >= 15 is 0 Å². The zero-order valence-corrected chi connectivity index (χ0v) is 14.8. The molecule has 2 heterocycles. The van der Waals surface area contributed by atoms with E-state index in [1.54, 1.807) is 32.0 Å². The molecule has 0 radical (unpaired) electrons. The molecule has 1 N–H and O–H groups in total. The van der Waals surface area contributed by atoms with Gasteiger partial charge in [-0.25, -0.2) is 0 Å². The predicted octanol–water partition coefficient (Wildman–Crippen LogP) is 3.02. The van der Waals surface area contributed by atoms with Crippen molar-refractivity contribution in [2.45, 2.75) is 27.3 Å². The molecule has 0 aliphatic carbocycles. The summed E-state index contributed by atoms with van der Waals surface area (Å²) >= 11 is 5.96. The van der Waals surface area contributed by atoms with E-state index in [2.05, 4.69) is 20.4 Å². The van der Waals surface area contributed by atoms with Crippen LogP contribution in [0.25, 0.3) is 11.4 Å². The van der Waals surface area contributed by atoms with Gasteiger partial charge >= 0.3 is 0 Å². The number of benzene rings is 1. The standard InChI is InChI=1S/C17H16ClN5O2/c1-9-15(11(3)24)10(2)19-16(9)14(25)8-23-21-17(20-22-23)12-5-4-6-13(18)7-12/h4-7,19H,8H2,1-3H3. The van der Waals surface area contributed by atoms with Crippen LogP contribution in [0.1, 0.15) is 39.0 Å². The van der Waals surface area contributed by atoms with Crippen LogP contribution in [-0.2, 0) is 6.54 Å². The molecule has 0 saturated carbocycles. The van der Waals surface area contributed by atoms with Crippen LogP contribution >= 0.6 is 11.6 Å². The molecule has 3 aromatic rings. The fraction of sp³-hybridized carbons (Fsp3) is 0.235. The molecular formula is C17H16ClN5O2. The van der Waals surface area contributed by atoms with E-state index in [-0.39, 0.29) is 18.1 Å². The summed E-state index contributed by atoms with van der Waals surface area (Å²) < 4.78 is 0. The van der Waals surface area contributed by atoms with E-state index in [4.69, 9.17) is 11.6 Å². The van der Waals surface area contributed by atoms with Gasteiger partial charge in [-0.05, 0) is 43.7 Å². The smallest absolute Gasteiger partial charge is 0.204 e. The lowest BCUT2D eigenvalue weighted by atomic mass is 10.1. The molecule has 0 spiro atoms. The predicted molar refractivity (Wildman–Crippen MR) is 92.9 cm³/mol. The first-order chi connectivity index (χ1) is 11.9. The summed E-state index contributed by atoms with van der Waals surface area (Å²) in [6, 6.07) is 7.08. The Labute approximate surface area is 149 Å². The van der Waals surface area contributed by atoms with Crippen molar-refractivity contribution in [3.8, 4) is 11.4 Å². The van der Waals surface area contributed by atoms with Crippen LogP contribution in [0.3, 0.4) is 0 Å². The topological polar surface area (TPSA) is 93.5 Å². The number of hydrogen-bond acceptors (Lipinski definition) is 5. The maximum absolute atomic E-state index is 12.5. The van der Waals surface area contributed by atoms with Crippen molar-refractivity contribution in [2.75, 3.05) is 0 Å². The second-order valence-electron chi connectivity index (χ2n) is 5.76. The fourth-order valence-electron chi connectivity index (χ4n) is 2.82. The molecule has 2 aromatic heterocycles. The minimum atomic E-state index is -0.219. The largest absolute Gasteiger partial charge is 0.355 e. The van der Waals surface area contributed by atoms with Gasteiger partial charge in [-0.2, -0.15) is 4.80 Å². The Kier molecular flexibility index (Phi) is 4.50. The van der Waals surface area contributed by atoms with E-state index in [0.717, 1.165) is 5.56 Å². The van der Waals surface area contributed by atoms with Gasteiger partial charge in [0.25, 0.3) is 0 Å². The number of Topliss-reactive ketones (excluding diaryl/α,β-unsaturated/α-hetero) is 2. The summed E-state index contributed by atoms with van der Waals surface area (Å²) in [5.74, 6) is 0.0923. The number of rotatable bonds is 5. The van der Waals surface area contributed by atoms with Gasteiger partial charge in [0.05, 0.1) is 5.69 Å². The molecule has 25 heavy (non-hydrogen) atoms. The van der Waals surface area contributed by atoms with Crippen molar-refractivity contribution in [3.05, 3.63) is 51.8 Å². The number of halogens is 1. The quantitative estimate of drug-likeness (QED) is 0.708. The Bertz CT molecular complexity index is 973. The van der Waals surface area contributed by atoms with Gasteiger partial charge in [0, 0.05) is 21.8 Å². The summed E-state index contributed by atoms with van der Waals surface area (Å²) in [5, 5.41) is 12.7. The van der Waals surface area contributed by atoms with Crippen molar-refractivity contribution >= 4 is 23.2 Å². The lowest BCUT2D eigenvalue weighted by Crippen LogP contribution is -2.14. The molecule has 8 heteroatoms. The number of tetrazole rings is 1. The van der Waals surface area contributed by atoms with Crippen molar-refractivity contribution < 1.29 is 9.59 Å². The van der Waals surface area contributed by atoms with Crippen LogP contribution in [0.4, 0.5) is 0 Å². The van der Waals surface area contributed by atoms with Gasteiger partial charge in [0.1, 0.15) is 6.54 Å². The highest BCUT2D eigenvalue weighted by atomic mass is 35.5. The highest BCUT2D eigenvalue weighted by Crippen LogP contribution is 2.20. The lowest BCUT2D eigenvalue weighted by molar-refractivity contribution is 0.0956. The number of H-pyrrole nitrogens is 1. The van der Waals surface area contributed by atoms with E-state index < -0.39 is 0 Å². The zero-order chi connectivity index (χ0) is 18.1. The molecular weight excluding hydrogens is 342 g/mol. The molecule has 0 fully saturated rings. The maximum atomic E-state index is 12.5. The molecule has 0 amide bonds. The third-order valence-corrected chi connectivity index (χ3v) is 4.12. The minimum absolute atomic E-state index is 0.0765. The molecule has 0 aliphatic rings. The maximum Gasteiger partial charge on any atom is 0.204 e. The summed E-state index contributed by atoms with van der Waals surface area (Å²) in [5.41, 5.74) is 2.99. The molecule has 3 rings (SSSR count). The molecule has 0 saturated heterocycles. The average molecular weight is 358 g/mol. The van der Waals surface area contributed by atoms with E-state index in [9.17, 15) is 9.59 Å². The van der Waals surface area contributed by atoms with Crippen LogP contribution in [0, 0.1) is 13.8 Å². The number of nitrogens with zero attached hydrogens (tertiary/aromatic N) is 4. The first-order valence-electron chi connectivity index (χ1n) is 7.64. The van der Waals surface area contributed by atoms with Crippen molar-refractivity contribution in [1.82, 2.24) is 25.2 Å². The Balaban J connectivity index is 1.83. The normalized spacial score (nSPS) is 10.9. The minimum Gasteiger partial charge on any atom is -0.355 e. The average Bonchev–Trinajstić information content (AvgIpc) is 3.11. The number of aromatic nitrogens is 5. The third-order valence-electron chi connectivity index (χ3n) is 3.89. The number of nitrogens with one attached hydrogen (secondary N) is 1. The highest BCUT2D eigenvalue weighted by molar-refractivity contribution is 6.30. The lowest BCUT2D eigenvalue weighted by Gasteiger charge is -2.00. The zero-order valence-electron chi connectivity index (χ0n) is 14.0. The van der Waals surface area contributed by atoms with Crippen LogP contribution in [-0.4, -0.2) is 36.8 Å². The number of carbonyl (C=O) groups is 2. The van der Waals surface area contributed by atoms with Gasteiger partial charge in [0.2, 0.25) is 11.6 Å². The van der Waals surface area contributed by atoms with Crippen molar-refractivity contribution in [3.63, 3.8) is 0 Å². The summed E-state index contributed by atoms with van der Waals surface area (Å²) in [7, 11) is 0. The van der Waals surface area contributed by atoms with Crippen LogP contribution in [0.5, 0.6) is 0 Å². The number of hydrogen-bond donors (Lipinski definition) is 1. The third kappa shape index (κ3) is 3.36. The van der Waals surface area contributed by atoms with Gasteiger partial charge in [-0.15, -0.1) is 10.2 Å². The summed E-state index contributed by atoms with van der Waals surface area (Å²) in [6.45, 7) is 4.92. The first-order valence-corrected chi connectivity index (χ1v) is 8.01. The van der Waals surface area contributed by atoms with Crippen LogP contribution < -0.4 is 0 Å². The van der Waals surface area contributed by atoms with Crippen molar-refractivity contribution in [1.29, 1.82) is 0 Å². The molecule has 0 bridgehead atoms. The summed E-state index contributed by atoms with van der Waals surface area (Å²) in [4.78, 5) is 28.4. The Morgan fingerprint density at radius 2 is 2.04 bits per heavy atom. The Morgan fingerprint density at radius 1 is 1.28 bits per heavy atom. The number of carbonyl (C=O) groups excluding carboxylic acids is 2. The molecule has 0 atom stereocenters. The Hall–Kier alpha value is -2.80. The van der Waals surface area contributed by atoms with E-state index in [1.807, 2.05) is 6.07 Å². The van der Waals surface area contributed by atoms with Crippen molar-refractivity contribution in [2.24, 2.45) is 0 Å². The monoisotopic (exact) mass is 357 g/mol. The summed E-state index contributed by atoms with van der Waals surface area (Å²) in [6.07, 6.45) is 0. The van der Waals surface area contributed by atoms with Gasteiger partial charge < -0.3 is 4.98 Å². The first kappa shape index (κ1) is 17.0. The van der Waals surface area contributed by atoms with Crippen LogP contribution in [0.2, 0.25) is 5.02 Å². The van der Waals surface area contributed by atoms with E-state index in [0.29, 0.717) is 33.4 Å². The second kappa shape index (κ2) is 6.60. The molecule has 7 nitrogen and oxygen atoms in total.